The summed E-state index contributed by atoms with van der Waals surface area (Å²) in [4.78, 5) is 31.9. The molecule has 8 nitrogen and oxygen atoms in total. The molecule has 0 bridgehead atoms. The second-order valence-electron chi connectivity index (χ2n) is 10.2. The minimum absolute atomic E-state index is 0.0127. The Morgan fingerprint density at radius 2 is 1.91 bits per heavy atom. The predicted molar refractivity (Wildman–Crippen MR) is 124 cm³/mol. The third-order valence-corrected chi connectivity index (χ3v) is 8.32. The molecule has 33 heavy (non-hydrogen) atoms. The first kappa shape index (κ1) is 22.6. The van der Waals surface area contributed by atoms with Crippen molar-refractivity contribution in [1.82, 2.24) is 20.0 Å². The van der Waals surface area contributed by atoms with Gasteiger partial charge in [0.1, 0.15) is 6.61 Å². The van der Waals surface area contributed by atoms with Crippen LogP contribution in [0.25, 0.3) is 0 Å². The van der Waals surface area contributed by atoms with Crippen molar-refractivity contribution in [1.29, 1.82) is 0 Å². The minimum atomic E-state index is -0.963. The van der Waals surface area contributed by atoms with E-state index in [4.69, 9.17) is 4.74 Å². The predicted octanol–water partition coefficient (Wildman–Crippen LogP) is 1.61. The Kier molecular flexibility index (Phi) is 6.33. The van der Waals surface area contributed by atoms with Crippen LogP contribution in [0, 0.1) is 5.41 Å². The van der Waals surface area contributed by atoms with Crippen molar-refractivity contribution in [2.45, 2.75) is 43.7 Å². The normalized spacial score (nSPS) is 30.2. The van der Waals surface area contributed by atoms with Crippen LogP contribution < -0.4 is 5.32 Å². The van der Waals surface area contributed by atoms with Crippen LogP contribution in [0.1, 0.15) is 43.7 Å². The van der Waals surface area contributed by atoms with Crippen molar-refractivity contribution >= 4 is 11.9 Å². The van der Waals surface area contributed by atoms with Crippen LogP contribution in [-0.4, -0.2) is 96.4 Å². The molecule has 1 aromatic carbocycles. The van der Waals surface area contributed by atoms with Crippen LogP contribution in [0.4, 0.5) is 4.79 Å². The number of benzene rings is 1. The van der Waals surface area contributed by atoms with Crippen LogP contribution in [0.2, 0.25) is 0 Å². The number of hydrogen-bond donors (Lipinski definition) is 2. The number of amides is 3. The van der Waals surface area contributed by atoms with Gasteiger partial charge in [0.2, 0.25) is 5.91 Å². The summed E-state index contributed by atoms with van der Waals surface area (Å²) in [5.41, 5.74) is -0.168. The standard InChI is InChI=1S/C25H36N4O4/c30-22-17-33-15-14-27(22)19-25(32)10-12-28(18-24(25)8-4-5-9-24)23(31)29-13-11-26-16-21(29)20-6-2-1-3-7-20/h1-3,6-7,21,26,32H,4-5,8-19H2. The largest absolute Gasteiger partial charge is 0.387 e. The molecule has 0 radical (unpaired) electrons. The third-order valence-electron chi connectivity index (χ3n) is 8.32. The lowest BCUT2D eigenvalue weighted by Crippen LogP contribution is -2.66. The molecule has 3 heterocycles. The fourth-order valence-electron chi connectivity index (χ4n) is 6.38. The molecular formula is C25H36N4O4. The van der Waals surface area contributed by atoms with Crippen LogP contribution in [0.15, 0.2) is 30.3 Å². The Hall–Kier alpha value is -2.16. The van der Waals surface area contributed by atoms with Gasteiger partial charge in [0.25, 0.3) is 0 Å². The van der Waals surface area contributed by atoms with E-state index < -0.39 is 5.60 Å². The van der Waals surface area contributed by atoms with Gasteiger partial charge in [0.05, 0.1) is 24.8 Å². The Bertz CT molecular complexity index is 859. The van der Waals surface area contributed by atoms with Crippen LogP contribution in [0.3, 0.4) is 0 Å². The molecule has 1 spiro atoms. The van der Waals surface area contributed by atoms with E-state index in [1.165, 1.54) is 0 Å². The molecule has 0 aromatic heterocycles. The number of morpholine rings is 1. The van der Waals surface area contributed by atoms with Crippen LogP contribution in [0.5, 0.6) is 0 Å². The number of nitrogens with one attached hydrogen (secondary N) is 1. The van der Waals surface area contributed by atoms with Gasteiger partial charge < -0.3 is 29.9 Å². The lowest BCUT2D eigenvalue weighted by molar-refractivity contribution is -0.165. The number of urea groups is 1. The average molecular weight is 457 g/mol. The summed E-state index contributed by atoms with van der Waals surface area (Å²) in [6, 6.07) is 10.3. The van der Waals surface area contributed by atoms with Crippen molar-refractivity contribution in [3.8, 4) is 0 Å². The second kappa shape index (κ2) is 9.24. The van der Waals surface area contributed by atoms with Gasteiger partial charge in [-0.05, 0) is 24.8 Å². The number of rotatable bonds is 3. The maximum atomic E-state index is 13.8. The van der Waals surface area contributed by atoms with E-state index in [2.05, 4.69) is 17.4 Å². The fourth-order valence-corrected chi connectivity index (χ4v) is 6.38. The number of β-amino-alcohol motifs (C(OH)–C–C–N with tert-alkyl or cyclic N) is 1. The molecule has 3 amide bonds. The van der Waals surface area contributed by atoms with E-state index in [1.807, 2.05) is 28.0 Å². The zero-order valence-corrected chi connectivity index (χ0v) is 19.4. The summed E-state index contributed by atoms with van der Waals surface area (Å²) in [5, 5.41) is 15.4. The molecule has 5 rings (SSSR count). The first-order chi connectivity index (χ1) is 16.0. The molecule has 1 aliphatic carbocycles. The molecule has 3 aliphatic heterocycles. The number of ether oxygens (including phenoxy) is 1. The van der Waals surface area contributed by atoms with Gasteiger partial charge in [-0.25, -0.2) is 4.79 Å². The molecule has 2 atom stereocenters. The van der Waals surface area contributed by atoms with Crippen molar-refractivity contribution < 1.29 is 19.4 Å². The molecule has 3 saturated heterocycles. The molecular weight excluding hydrogens is 420 g/mol. The van der Waals surface area contributed by atoms with Crippen molar-refractivity contribution in [3.05, 3.63) is 35.9 Å². The molecule has 1 saturated carbocycles. The number of carbonyl (C=O) groups is 2. The lowest BCUT2D eigenvalue weighted by Gasteiger charge is -2.54. The van der Waals surface area contributed by atoms with Gasteiger partial charge in [0, 0.05) is 44.7 Å². The summed E-state index contributed by atoms with van der Waals surface area (Å²) in [7, 11) is 0. The van der Waals surface area contributed by atoms with Gasteiger partial charge in [-0.2, -0.15) is 0 Å². The number of hydrogen-bond acceptors (Lipinski definition) is 5. The zero-order chi connectivity index (χ0) is 22.9. The maximum absolute atomic E-state index is 13.8. The Morgan fingerprint density at radius 1 is 1.12 bits per heavy atom. The highest BCUT2D eigenvalue weighted by molar-refractivity contribution is 5.78. The van der Waals surface area contributed by atoms with E-state index in [9.17, 15) is 14.7 Å². The summed E-state index contributed by atoms with van der Waals surface area (Å²) in [6.45, 7) is 4.77. The number of likely N-dealkylation sites (tertiary alicyclic amines) is 1. The van der Waals surface area contributed by atoms with E-state index in [0.29, 0.717) is 45.8 Å². The van der Waals surface area contributed by atoms with E-state index in [1.54, 1.807) is 4.90 Å². The minimum Gasteiger partial charge on any atom is -0.387 e. The third kappa shape index (κ3) is 4.24. The smallest absolute Gasteiger partial charge is 0.320 e. The summed E-state index contributed by atoms with van der Waals surface area (Å²) in [5.74, 6) is -0.0483. The molecule has 2 unspecified atom stereocenters. The highest BCUT2D eigenvalue weighted by atomic mass is 16.5. The monoisotopic (exact) mass is 456 g/mol. The highest BCUT2D eigenvalue weighted by Gasteiger charge is 2.56. The number of aliphatic hydroxyl groups is 1. The van der Waals surface area contributed by atoms with Gasteiger partial charge in [-0.15, -0.1) is 0 Å². The van der Waals surface area contributed by atoms with Crippen LogP contribution in [-0.2, 0) is 9.53 Å². The molecule has 1 aromatic rings. The number of piperazine rings is 1. The first-order valence-electron chi connectivity index (χ1n) is 12.4. The summed E-state index contributed by atoms with van der Waals surface area (Å²) < 4.78 is 5.28. The Labute approximate surface area is 195 Å². The molecule has 4 aliphatic rings. The molecule has 8 heteroatoms. The van der Waals surface area contributed by atoms with Crippen molar-refractivity contribution in [3.63, 3.8) is 0 Å². The van der Waals surface area contributed by atoms with Crippen LogP contribution >= 0.6 is 0 Å². The average Bonchev–Trinajstić information content (AvgIpc) is 3.33. The lowest BCUT2D eigenvalue weighted by atomic mass is 9.65. The summed E-state index contributed by atoms with van der Waals surface area (Å²) >= 11 is 0. The number of carbonyl (C=O) groups excluding carboxylic acids is 2. The SMILES string of the molecule is O=C1COCCN1CC1(O)CCN(C(=O)N2CCNCC2c2ccccc2)CC12CCCC2. The summed E-state index contributed by atoms with van der Waals surface area (Å²) in [6.07, 6.45) is 4.42. The van der Waals surface area contributed by atoms with Gasteiger partial charge in [-0.1, -0.05) is 43.2 Å². The topological polar surface area (TPSA) is 85.3 Å². The number of piperidine rings is 1. The Morgan fingerprint density at radius 3 is 2.67 bits per heavy atom. The molecule has 4 fully saturated rings. The van der Waals surface area contributed by atoms with Gasteiger partial charge >= 0.3 is 6.03 Å². The van der Waals surface area contributed by atoms with E-state index in [0.717, 1.165) is 44.3 Å². The van der Waals surface area contributed by atoms with Gasteiger partial charge in [0.15, 0.2) is 0 Å². The first-order valence-corrected chi connectivity index (χ1v) is 12.4. The Balaban J connectivity index is 1.34. The zero-order valence-electron chi connectivity index (χ0n) is 19.4. The van der Waals surface area contributed by atoms with Crippen molar-refractivity contribution in [2.24, 2.45) is 5.41 Å². The van der Waals surface area contributed by atoms with Gasteiger partial charge in [-0.3, -0.25) is 4.79 Å². The number of nitrogens with zero attached hydrogens (tertiary/aromatic N) is 3. The van der Waals surface area contributed by atoms with Crippen molar-refractivity contribution in [2.75, 3.05) is 59.0 Å². The molecule has 2 N–H and O–H groups in total. The quantitative estimate of drug-likeness (QED) is 0.722. The van der Waals surface area contributed by atoms with E-state index >= 15 is 0 Å². The fraction of sp³-hybridized carbons (Fsp3) is 0.680. The van der Waals surface area contributed by atoms with E-state index in [-0.39, 0.29) is 30.0 Å². The molecule has 180 valence electrons. The highest BCUT2D eigenvalue weighted by Crippen LogP contribution is 2.51. The maximum Gasteiger partial charge on any atom is 0.320 e. The second-order valence-corrected chi connectivity index (χ2v) is 10.2.